The lowest BCUT2D eigenvalue weighted by Gasteiger charge is -2.27. The highest BCUT2D eigenvalue weighted by Crippen LogP contribution is 2.35. The number of nitrogens with zero attached hydrogens (tertiary/aromatic N) is 3. The van der Waals surface area contributed by atoms with E-state index in [1.54, 1.807) is 0 Å². The Labute approximate surface area is 150 Å². The van der Waals surface area contributed by atoms with Crippen molar-refractivity contribution in [1.82, 2.24) is 14.7 Å². The van der Waals surface area contributed by atoms with Crippen LogP contribution >= 0.6 is 0 Å². The van der Waals surface area contributed by atoms with Crippen molar-refractivity contribution in [3.63, 3.8) is 0 Å². The van der Waals surface area contributed by atoms with Crippen molar-refractivity contribution in [2.24, 2.45) is 7.05 Å². The highest BCUT2D eigenvalue weighted by Gasteiger charge is 2.31. The van der Waals surface area contributed by atoms with E-state index >= 15 is 0 Å². The number of benzene rings is 1. The predicted octanol–water partition coefficient (Wildman–Crippen LogP) is 2.92. The van der Waals surface area contributed by atoms with Gasteiger partial charge >= 0.3 is 0 Å². The number of aromatic nitrogens is 2. The molecule has 136 valence electrons. The van der Waals surface area contributed by atoms with Gasteiger partial charge in [-0.15, -0.1) is 0 Å². The highest BCUT2D eigenvalue weighted by molar-refractivity contribution is 5.29. The second-order valence-corrected chi connectivity index (χ2v) is 7.14. The molecule has 5 nitrogen and oxygen atoms in total. The average Bonchev–Trinajstić information content (AvgIpc) is 3.10. The lowest BCUT2D eigenvalue weighted by Crippen LogP contribution is -2.35. The summed E-state index contributed by atoms with van der Waals surface area (Å²) < 4.78 is 7.72. The van der Waals surface area contributed by atoms with Crippen LogP contribution in [0.5, 0.6) is 5.75 Å². The lowest BCUT2D eigenvalue weighted by molar-refractivity contribution is 0.0636. The Bertz CT molecular complexity index is 726. The van der Waals surface area contributed by atoms with E-state index in [9.17, 15) is 5.11 Å². The Balaban J connectivity index is 1.61. The van der Waals surface area contributed by atoms with E-state index in [1.165, 1.54) is 11.3 Å². The fraction of sp³-hybridized carbons (Fsp3) is 0.550. The van der Waals surface area contributed by atoms with Gasteiger partial charge in [0.15, 0.2) is 0 Å². The SMILES string of the molecule is Cc1cccc(OC[C@@H](O)CN2CCC[C@H]2c2c(C)nn(C)c2C)c1. The molecule has 25 heavy (non-hydrogen) atoms. The summed E-state index contributed by atoms with van der Waals surface area (Å²) in [6.45, 7) is 8.21. The molecule has 0 radical (unpaired) electrons. The molecule has 3 rings (SSSR count). The second kappa shape index (κ2) is 7.58. The predicted molar refractivity (Wildman–Crippen MR) is 98.9 cm³/mol. The average molecular weight is 343 g/mol. The molecule has 1 aromatic carbocycles. The quantitative estimate of drug-likeness (QED) is 0.876. The molecular formula is C20H29N3O2. The molecule has 1 N–H and O–H groups in total. The highest BCUT2D eigenvalue weighted by atomic mass is 16.5. The summed E-state index contributed by atoms with van der Waals surface area (Å²) in [5.41, 5.74) is 4.81. The number of aryl methyl sites for hydroxylation is 3. The van der Waals surface area contributed by atoms with Crippen LogP contribution in [0.15, 0.2) is 24.3 Å². The largest absolute Gasteiger partial charge is 0.491 e. The van der Waals surface area contributed by atoms with Crippen LogP contribution in [0.1, 0.15) is 41.4 Å². The molecule has 0 saturated carbocycles. The van der Waals surface area contributed by atoms with Gasteiger partial charge < -0.3 is 9.84 Å². The van der Waals surface area contributed by atoms with Crippen molar-refractivity contribution in [2.45, 2.75) is 45.8 Å². The third-order valence-corrected chi connectivity index (χ3v) is 5.14. The molecule has 2 heterocycles. The Hall–Kier alpha value is -1.85. The third-order valence-electron chi connectivity index (χ3n) is 5.14. The molecule has 0 unspecified atom stereocenters. The molecule has 0 spiro atoms. The van der Waals surface area contributed by atoms with Gasteiger partial charge in [-0.1, -0.05) is 12.1 Å². The first-order valence-electron chi connectivity index (χ1n) is 9.07. The van der Waals surface area contributed by atoms with Crippen molar-refractivity contribution in [3.05, 3.63) is 46.8 Å². The van der Waals surface area contributed by atoms with Crippen LogP contribution in [0.4, 0.5) is 0 Å². The molecule has 1 aliphatic rings. The maximum Gasteiger partial charge on any atom is 0.119 e. The summed E-state index contributed by atoms with van der Waals surface area (Å²) in [4.78, 5) is 2.38. The van der Waals surface area contributed by atoms with Gasteiger partial charge in [-0.05, 0) is 57.9 Å². The zero-order valence-corrected chi connectivity index (χ0v) is 15.7. The number of hydrogen-bond donors (Lipinski definition) is 1. The van der Waals surface area contributed by atoms with Gasteiger partial charge in [0, 0.05) is 30.9 Å². The summed E-state index contributed by atoms with van der Waals surface area (Å²) in [7, 11) is 2.00. The summed E-state index contributed by atoms with van der Waals surface area (Å²) in [5.74, 6) is 0.816. The molecule has 1 saturated heterocycles. The molecule has 1 aromatic heterocycles. The minimum atomic E-state index is -0.501. The fourth-order valence-corrected chi connectivity index (χ4v) is 3.86. The maximum absolute atomic E-state index is 10.5. The molecule has 0 aliphatic carbocycles. The summed E-state index contributed by atoms with van der Waals surface area (Å²) in [5, 5.41) is 15.0. The number of hydrogen-bond acceptors (Lipinski definition) is 4. The summed E-state index contributed by atoms with van der Waals surface area (Å²) >= 11 is 0. The van der Waals surface area contributed by atoms with Crippen LogP contribution in [0.2, 0.25) is 0 Å². The molecule has 0 bridgehead atoms. The van der Waals surface area contributed by atoms with E-state index in [1.807, 2.05) is 42.9 Å². The summed E-state index contributed by atoms with van der Waals surface area (Å²) in [6.07, 6.45) is 1.78. The van der Waals surface area contributed by atoms with E-state index in [2.05, 4.69) is 23.8 Å². The van der Waals surface area contributed by atoms with Crippen LogP contribution in [-0.4, -0.2) is 45.6 Å². The monoisotopic (exact) mass is 343 g/mol. The van der Waals surface area contributed by atoms with E-state index in [0.29, 0.717) is 19.2 Å². The van der Waals surface area contributed by atoms with Crippen molar-refractivity contribution < 1.29 is 9.84 Å². The minimum Gasteiger partial charge on any atom is -0.491 e. The van der Waals surface area contributed by atoms with E-state index in [-0.39, 0.29) is 0 Å². The molecule has 1 aliphatic heterocycles. The van der Waals surface area contributed by atoms with Gasteiger partial charge in [0.1, 0.15) is 18.5 Å². The van der Waals surface area contributed by atoms with E-state index in [4.69, 9.17) is 4.74 Å². The van der Waals surface area contributed by atoms with Gasteiger partial charge in [0.25, 0.3) is 0 Å². The standard InChI is InChI=1S/C20H29N3O2/c1-14-7-5-8-18(11-14)25-13-17(24)12-23-10-6-9-19(23)20-15(2)21-22(4)16(20)3/h5,7-8,11,17,19,24H,6,9-10,12-13H2,1-4H3/t17-,19-/m0/s1. The molecule has 0 amide bonds. The van der Waals surface area contributed by atoms with Crippen molar-refractivity contribution in [1.29, 1.82) is 0 Å². The zero-order valence-electron chi connectivity index (χ0n) is 15.7. The first kappa shape index (κ1) is 18.0. The number of aliphatic hydroxyl groups excluding tert-OH is 1. The third kappa shape index (κ3) is 4.05. The Kier molecular flexibility index (Phi) is 5.45. The first-order valence-corrected chi connectivity index (χ1v) is 9.07. The van der Waals surface area contributed by atoms with Crippen molar-refractivity contribution in [3.8, 4) is 5.75 Å². The number of aliphatic hydroxyl groups is 1. The number of likely N-dealkylation sites (tertiary alicyclic amines) is 1. The Morgan fingerprint density at radius 2 is 2.12 bits per heavy atom. The van der Waals surface area contributed by atoms with Crippen LogP contribution in [0.25, 0.3) is 0 Å². The Morgan fingerprint density at radius 1 is 1.32 bits per heavy atom. The minimum absolute atomic E-state index is 0.317. The van der Waals surface area contributed by atoms with E-state index in [0.717, 1.165) is 36.4 Å². The van der Waals surface area contributed by atoms with Gasteiger partial charge in [0.05, 0.1) is 5.69 Å². The number of β-amino-alcohol motifs (C(OH)–C–C–N with tert-alkyl or cyclic N) is 1. The fourth-order valence-electron chi connectivity index (χ4n) is 3.86. The summed E-state index contributed by atoms with van der Waals surface area (Å²) in [6, 6.07) is 8.29. The number of ether oxygens (including phenoxy) is 1. The first-order chi connectivity index (χ1) is 12.0. The van der Waals surface area contributed by atoms with Crippen LogP contribution in [0, 0.1) is 20.8 Å². The van der Waals surface area contributed by atoms with Crippen LogP contribution in [-0.2, 0) is 7.05 Å². The van der Waals surface area contributed by atoms with E-state index < -0.39 is 6.10 Å². The van der Waals surface area contributed by atoms with Gasteiger partial charge in [-0.25, -0.2) is 0 Å². The molecule has 5 heteroatoms. The number of rotatable bonds is 6. The molecule has 1 fully saturated rings. The van der Waals surface area contributed by atoms with Gasteiger partial charge in [0.2, 0.25) is 0 Å². The molecular weight excluding hydrogens is 314 g/mol. The maximum atomic E-state index is 10.5. The molecule has 2 aromatic rings. The second-order valence-electron chi connectivity index (χ2n) is 7.14. The lowest BCUT2D eigenvalue weighted by atomic mass is 10.0. The topological polar surface area (TPSA) is 50.5 Å². The van der Waals surface area contributed by atoms with Gasteiger partial charge in [-0.3, -0.25) is 9.58 Å². The van der Waals surface area contributed by atoms with Crippen LogP contribution in [0.3, 0.4) is 0 Å². The Morgan fingerprint density at radius 3 is 2.80 bits per heavy atom. The van der Waals surface area contributed by atoms with Crippen LogP contribution < -0.4 is 4.74 Å². The zero-order chi connectivity index (χ0) is 18.0. The van der Waals surface area contributed by atoms with Gasteiger partial charge in [-0.2, -0.15) is 5.10 Å². The normalized spacial score (nSPS) is 19.3. The smallest absolute Gasteiger partial charge is 0.119 e. The van der Waals surface area contributed by atoms with Crippen molar-refractivity contribution in [2.75, 3.05) is 19.7 Å². The molecule has 2 atom stereocenters. The van der Waals surface area contributed by atoms with Crippen molar-refractivity contribution >= 4 is 0 Å².